The Hall–Kier alpha value is -1.92. The van der Waals surface area contributed by atoms with Crippen LogP contribution in [0.5, 0.6) is 0 Å². The summed E-state index contributed by atoms with van der Waals surface area (Å²) in [6.45, 7) is 2.24. The van der Waals surface area contributed by atoms with Crippen LogP contribution in [0.25, 0.3) is 0 Å². The van der Waals surface area contributed by atoms with Gasteiger partial charge in [0, 0.05) is 6.04 Å². The minimum atomic E-state index is -0.485. The van der Waals surface area contributed by atoms with Crippen LogP contribution in [0.15, 0.2) is 6.20 Å². The second-order valence-electron chi connectivity index (χ2n) is 5.17. The van der Waals surface area contributed by atoms with Gasteiger partial charge in [0.25, 0.3) is 0 Å². The zero-order valence-electron chi connectivity index (χ0n) is 11.0. The van der Waals surface area contributed by atoms with E-state index in [1.165, 1.54) is 6.42 Å². The molecule has 0 bridgehead atoms. The molecule has 1 aliphatic carbocycles. The Labute approximate surface area is 111 Å². The number of nitrogens with one attached hydrogen (secondary N) is 1. The van der Waals surface area contributed by atoms with Crippen molar-refractivity contribution in [3.8, 4) is 0 Å². The maximum absolute atomic E-state index is 10.9. The number of hydrogen-bond acceptors (Lipinski definition) is 6. The van der Waals surface area contributed by atoms with Crippen LogP contribution < -0.4 is 11.1 Å². The normalized spacial score (nSPS) is 23.6. The zero-order chi connectivity index (χ0) is 13.8. The van der Waals surface area contributed by atoms with E-state index in [2.05, 4.69) is 22.2 Å². The molecule has 2 rings (SSSR count). The van der Waals surface area contributed by atoms with Gasteiger partial charge in [-0.2, -0.15) is 4.98 Å². The van der Waals surface area contributed by atoms with Crippen molar-refractivity contribution in [3.05, 3.63) is 16.3 Å². The molecule has 2 unspecified atom stereocenters. The standard InChI is InChI=1S/C12H19N5O2/c1-8-3-2-4-9(6-5-8)15-11-10(17(18)19)7-14-12(13)16-11/h7-9H,2-6H2,1H3,(H3,13,14,15,16). The lowest BCUT2D eigenvalue weighted by atomic mass is 10.0. The lowest BCUT2D eigenvalue weighted by molar-refractivity contribution is -0.384. The first kappa shape index (κ1) is 13.5. The maximum atomic E-state index is 10.9. The van der Waals surface area contributed by atoms with Crippen molar-refractivity contribution in [1.82, 2.24) is 9.97 Å². The summed E-state index contributed by atoms with van der Waals surface area (Å²) in [6.07, 6.45) is 6.64. The third-order valence-electron chi connectivity index (χ3n) is 3.58. The van der Waals surface area contributed by atoms with Gasteiger partial charge in [-0.25, -0.2) is 4.98 Å². The number of aromatic nitrogens is 2. The van der Waals surface area contributed by atoms with Crippen molar-refractivity contribution in [2.24, 2.45) is 5.92 Å². The van der Waals surface area contributed by atoms with Crippen LogP contribution in [0.1, 0.15) is 39.0 Å². The van der Waals surface area contributed by atoms with E-state index in [-0.39, 0.29) is 23.5 Å². The number of nitrogens with two attached hydrogens (primary N) is 1. The Morgan fingerprint density at radius 2 is 2.21 bits per heavy atom. The molecule has 0 saturated heterocycles. The SMILES string of the molecule is CC1CCCC(Nc2nc(N)ncc2[N+](=O)[O-])CC1. The highest BCUT2D eigenvalue weighted by molar-refractivity contribution is 5.56. The van der Waals surface area contributed by atoms with E-state index in [1.807, 2.05) is 0 Å². The number of nitro groups is 1. The molecule has 1 aliphatic rings. The molecule has 7 nitrogen and oxygen atoms in total. The first-order valence-corrected chi connectivity index (χ1v) is 6.59. The fraction of sp³-hybridized carbons (Fsp3) is 0.667. The van der Waals surface area contributed by atoms with Gasteiger partial charge in [0.05, 0.1) is 4.92 Å². The number of hydrogen-bond donors (Lipinski definition) is 2. The van der Waals surface area contributed by atoms with E-state index in [0.29, 0.717) is 0 Å². The highest BCUT2D eigenvalue weighted by atomic mass is 16.6. The second-order valence-corrected chi connectivity index (χ2v) is 5.17. The molecule has 1 aromatic rings. The topological polar surface area (TPSA) is 107 Å². The molecular weight excluding hydrogens is 246 g/mol. The average Bonchev–Trinajstić information content (AvgIpc) is 2.54. The number of rotatable bonds is 3. The Morgan fingerprint density at radius 3 is 2.95 bits per heavy atom. The fourth-order valence-electron chi connectivity index (χ4n) is 2.45. The summed E-state index contributed by atoms with van der Waals surface area (Å²) in [5.74, 6) is 1.00. The third-order valence-corrected chi connectivity index (χ3v) is 3.58. The maximum Gasteiger partial charge on any atom is 0.329 e. The number of anilines is 2. The van der Waals surface area contributed by atoms with E-state index < -0.39 is 4.92 Å². The molecule has 0 aliphatic heterocycles. The predicted octanol–water partition coefficient (Wildman–Crippen LogP) is 2.35. The van der Waals surface area contributed by atoms with Gasteiger partial charge in [-0.05, 0) is 25.2 Å². The largest absolute Gasteiger partial charge is 0.368 e. The minimum absolute atomic E-state index is 0.0510. The smallest absolute Gasteiger partial charge is 0.329 e. The van der Waals surface area contributed by atoms with Gasteiger partial charge >= 0.3 is 5.69 Å². The molecule has 0 aromatic carbocycles. The van der Waals surface area contributed by atoms with Gasteiger partial charge in [-0.15, -0.1) is 0 Å². The molecule has 2 atom stereocenters. The van der Waals surface area contributed by atoms with Crippen LogP contribution in [0.2, 0.25) is 0 Å². The summed E-state index contributed by atoms with van der Waals surface area (Å²) in [4.78, 5) is 18.1. The Kier molecular flexibility index (Phi) is 4.13. The molecule has 19 heavy (non-hydrogen) atoms. The highest BCUT2D eigenvalue weighted by Crippen LogP contribution is 2.27. The molecule has 7 heteroatoms. The van der Waals surface area contributed by atoms with Crippen molar-refractivity contribution in [2.75, 3.05) is 11.1 Å². The quantitative estimate of drug-likeness (QED) is 0.493. The molecule has 1 heterocycles. The lowest BCUT2D eigenvalue weighted by Crippen LogP contribution is -2.20. The highest BCUT2D eigenvalue weighted by Gasteiger charge is 2.22. The summed E-state index contributed by atoms with van der Waals surface area (Å²) >= 11 is 0. The van der Waals surface area contributed by atoms with Gasteiger partial charge < -0.3 is 11.1 Å². The Morgan fingerprint density at radius 1 is 1.42 bits per heavy atom. The van der Waals surface area contributed by atoms with Crippen molar-refractivity contribution >= 4 is 17.5 Å². The first-order valence-electron chi connectivity index (χ1n) is 6.59. The van der Waals surface area contributed by atoms with Crippen LogP contribution in [0, 0.1) is 16.0 Å². The van der Waals surface area contributed by atoms with Crippen LogP contribution in [0.4, 0.5) is 17.5 Å². The Balaban J connectivity index is 2.13. The number of nitrogen functional groups attached to an aromatic ring is 1. The van der Waals surface area contributed by atoms with Crippen molar-refractivity contribution in [3.63, 3.8) is 0 Å². The third kappa shape index (κ3) is 3.52. The van der Waals surface area contributed by atoms with Gasteiger partial charge in [-0.3, -0.25) is 10.1 Å². The predicted molar refractivity (Wildman–Crippen MR) is 72.8 cm³/mol. The molecule has 1 saturated carbocycles. The molecule has 0 spiro atoms. The van der Waals surface area contributed by atoms with Crippen molar-refractivity contribution in [1.29, 1.82) is 0 Å². The summed E-state index contributed by atoms with van der Waals surface area (Å²) in [6, 6.07) is 0.220. The molecule has 104 valence electrons. The summed E-state index contributed by atoms with van der Waals surface area (Å²) in [5.41, 5.74) is 5.38. The van der Waals surface area contributed by atoms with Gasteiger partial charge in [-0.1, -0.05) is 19.8 Å². The molecule has 0 amide bonds. The summed E-state index contributed by atoms with van der Waals surface area (Å²) < 4.78 is 0. The minimum Gasteiger partial charge on any atom is -0.368 e. The van der Waals surface area contributed by atoms with Crippen molar-refractivity contribution < 1.29 is 4.92 Å². The van der Waals surface area contributed by atoms with Gasteiger partial charge in [0.1, 0.15) is 6.20 Å². The summed E-state index contributed by atoms with van der Waals surface area (Å²) in [7, 11) is 0. The van der Waals surface area contributed by atoms with Crippen LogP contribution in [0.3, 0.4) is 0 Å². The molecule has 0 radical (unpaired) electrons. The fourth-order valence-corrected chi connectivity index (χ4v) is 2.45. The van der Waals surface area contributed by atoms with E-state index >= 15 is 0 Å². The number of nitrogens with zero attached hydrogens (tertiary/aromatic N) is 3. The van der Waals surface area contributed by atoms with Gasteiger partial charge in [0.15, 0.2) is 0 Å². The molecule has 3 N–H and O–H groups in total. The van der Waals surface area contributed by atoms with Crippen LogP contribution in [-0.4, -0.2) is 20.9 Å². The molecule has 1 aromatic heterocycles. The van der Waals surface area contributed by atoms with Crippen LogP contribution >= 0.6 is 0 Å². The molecular formula is C12H19N5O2. The van der Waals surface area contributed by atoms with E-state index in [9.17, 15) is 10.1 Å². The second kappa shape index (κ2) is 5.81. The summed E-state index contributed by atoms with van der Waals surface area (Å²) in [5, 5.41) is 14.1. The van der Waals surface area contributed by atoms with E-state index in [0.717, 1.165) is 37.8 Å². The Bertz CT molecular complexity index is 465. The lowest BCUT2D eigenvalue weighted by Gasteiger charge is -2.16. The monoisotopic (exact) mass is 265 g/mol. The van der Waals surface area contributed by atoms with Crippen molar-refractivity contribution in [2.45, 2.75) is 45.1 Å². The molecule has 1 fully saturated rings. The van der Waals surface area contributed by atoms with Gasteiger partial charge in [0.2, 0.25) is 11.8 Å². The van der Waals surface area contributed by atoms with Crippen LogP contribution in [-0.2, 0) is 0 Å². The zero-order valence-corrected chi connectivity index (χ0v) is 11.0. The average molecular weight is 265 g/mol. The van der Waals surface area contributed by atoms with E-state index in [4.69, 9.17) is 5.73 Å². The first-order chi connectivity index (χ1) is 9.06. The van der Waals surface area contributed by atoms with E-state index in [1.54, 1.807) is 0 Å².